The van der Waals surface area contributed by atoms with Crippen molar-refractivity contribution in [1.82, 2.24) is 58.3 Å². The van der Waals surface area contributed by atoms with Gasteiger partial charge in [0.1, 0.15) is 47.7 Å². The van der Waals surface area contributed by atoms with Crippen molar-refractivity contribution in [2.75, 3.05) is 120 Å². The third-order valence-electron chi connectivity index (χ3n) is 26.2. The van der Waals surface area contributed by atoms with Crippen LogP contribution in [0.1, 0.15) is 159 Å². The fourth-order valence-corrected chi connectivity index (χ4v) is 19.9. The maximum absolute atomic E-state index is 12.3. The van der Waals surface area contributed by atoms with Crippen LogP contribution in [-0.4, -0.2) is 208 Å². The van der Waals surface area contributed by atoms with E-state index in [1.807, 2.05) is 170 Å². The predicted octanol–water partition coefficient (Wildman–Crippen LogP) is 19.5. The van der Waals surface area contributed by atoms with Gasteiger partial charge in [0.05, 0.1) is 50.5 Å². The number of ketones is 4. The molecule has 1 N–H and O–H groups in total. The SMILES string of the molecule is COc1cccc2c(C(C)=O)cn(CC(C)CN3C4CCC3CC(CCc3ccccc3)C4)c12.COc1cccc2c(C(C)=O)cn(CC(C)CN3CCC(c4nc(-c5cccnc5)no4)CC3)c12.COc1cccc2c(C(C)=O)cn(CC(C)CN3CCN(CCOc4ccccc4)CC3)c12.COc1cccc2c(C(C)=O)cn(CC(C)CNCCOc3ccccc3)c12. The number of carbonyl (C=O) groups is 4. The summed E-state index contributed by atoms with van der Waals surface area (Å²) in [5.74, 6) is 9.65. The molecule has 17 rings (SSSR count). The van der Waals surface area contributed by atoms with Crippen molar-refractivity contribution in [2.45, 2.75) is 151 Å². The third-order valence-corrected chi connectivity index (χ3v) is 26.2. The van der Waals surface area contributed by atoms with Gasteiger partial charge in [-0.05, 0) is 195 Å². The van der Waals surface area contributed by atoms with Crippen LogP contribution >= 0.6 is 0 Å². The van der Waals surface area contributed by atoms with Crippen LogP contribution in [0.2, 0.25) is 0 Å². The van der Waals surface area contributed by atoms with E-state index >= 15 is 0 Å². The Morgan fingerprint density at radius 2 is 0.846 bits per heavy atom. The van der Waals surface area contributed by atoms with Gasteiger partial charge in [-0.2, -0.15) is 4.98 Å². The van der Waals surface area contributed by atoms with E-state index in [4.69, 9.17) is 32.9 Å². The second-order valence-electron chi connectivity index (χ2n) is 36.2. The van der Waals surface area contributed by atoms with Crippen LogP contribution in [0.4, 0.5) is 0 Å². The summed E-state index contributed by atoms with van der Waals surface area (Å²) in [7, 11) is 6.74. The zero-order valence-electron chi connectivity index (χ0n) is 78.1. The first-order valence-corrected chi connectivity index (χ1v) is 46.7. The van der Waals surface area contributed by atoms with Gasteiger partial charge >= 0.3 is 0 Å². The highest BCUT2D eigenvalue weighted by molar-refractivity contribution is 6.11. The van der Waals surface area contributed by atoms with E-state index in [9.17, 15) is 19.2 Å². The Morgan fingerprint density at radius 1 is 0.438 bits per heavy atom. The smallest absolute Gasteiger partial charge is 0.230 e. The van der Waals surface area contributed by atoms with Crippen molar-refractivity contribution < 1.29 is 52.1 Å². The number of nitrogens with one attached hydrogen (secondary N) is 1. The molecule has 4 fully saturated rings. The molecule has 2 bridgehead atoms. The lowest BCUT2D eigenvalue weighted by Crippen LogP contribution is -2.48. The normalized spacial score (nSPS) is 17.1. The van der Waals surface area contributed by atoms with Gasteiger partial charge in [-0.3, -0.25) is 34.0 Å². The number of pyridine rings is 1. The van der Waals surface area contributed by atoms with Crippen molar-refractivity contribution in [3.05, 3.63) is 247 Å². The number of nitrogens with zero attached hydrogens (tertiary/aromatic N) is 11. The summed E-state index contributed by atoms with van der Waals surface area (Å²) in [4.78, 5) is 67.8. The molecule has 130 heavy (non-hydrogen) atoms. The first kappa shape index (κ1) is 94.4. The molecule has 0 saturated carbocycles. The number of aromatic nitrogens is 7. The van der Waals surface area contributed by atoms with Crippen LogP contribution in [0.5, 0.6) is 34.5 Å². The Bertz CT molecular complexity index is 5820. The molecule has 4 aliphatic rings. The van der Waals surface area contributed by atoms with E-state index in [0.717, 1.165) is 254 Å². The average Bonchev–Trinajstić information content (AvgIpc) is 1.64. The summed E-state index contributed by atoms with van der Waals surface area (Å²) in [6, 6.07) is 59.8. The number of benzene rings is 7. The Balaban J connectivity index is 0.000000140. The highest BCUT2D eigenvalue weighted by Gasteiger charge is 2.41. The lowest BCUT2D eigenvalue weighted by atomic mass is 9.85. The zero-order chi connectivity index (χ0) is 91.2. The minimum absolute atomic E-state index is 0.0702. The second kappa shape index (κ2) is 45.7. The summed E-state index contributed by atoms with van der Waals surface area (Å²) >= 11 is 0. The van der Waals surface area contributed by atoms with E-state index in [2.05, 4.69) is 116 Å². The standard InChI is InChI=1S/C30H38N2O2.C27H31N5O3.C27H35N3O3.C23H28N2O3/c1-21(18-31-20-28(22(2)33)27-10-7-11-29(34-3)30(27)31)19-32-25-14-15-26(32)17-24(16-25)13-12-23-8-5-4-6-9-23;1-18(16-32-17-23(19(2)33)22-7-4-8-24(34-3)25(22)32)15-31-12-9-20(10-13-31)27-29-26(30-35-27)21-6-5-11-28-14-21;1-21(19-30-20-25(22(2)31)24-10-7-11-26(32-3)27(24)30)18-29-14-12-28(13-15-29)16-17-33-23-8-5-4-6-9-23;1-17(14-24-12-13-28-19-8-5-4-6-9-19)15-25-16-21(18(2)26)20-10-7-11-22(27-3)23(20)25/h4-11,20-21,24-26H,12-19H2,1-3H3;4-8,11,14,17-18,20H,9-10,12-13,15-16H2,1-3H3;4-11,20-21H,12-19H2,1-3H3;4-11,16-17,24H,12-15H2,1-3H3. The topological polar surface area (TPSA) is 220 Å². The number of fused-ring (bicyclic) bond motifs is 6. The molecule has 686 valence electrons. The molecule has 6 aromatic heterocycles. The molecule has 0 aliphatic carbocycles. The fraction of sp³-hybridized carbons (Fsp3) is 0.430. The monoisotopic (exact) mass is 1760 g/mol. The summed E-state index contributed by atoms with van der Waals surface area (Å²) in [6.07, 6.45) is 21.4. The van der Waals surface area contributed by atoms with Gasteiger partial charge in [-0.25, -0.2) is 0 Å². The van der Waals surface area contributed by atoms with E-state index in [1.165, 1.54) is 44.1 Å². The first-order chi connectivity index (χ1) is 63.2. The van der Waals surface area contributed by atoms with Crippen molar-refractivity contribution in [3.63, 3.8) is 0 Å². The molecule has 6 unspecified atom stereocenters. The molecular formula is C107H132N12O11. The van der Waals surface area contributed by atoms with Crippen molar-refractivity contribution in [1.29, 1.82) is 0 Å². The number of Topliss-reactive ketones (excluding diaryl/α,β-unsaturated/α-hetero) is 4. The van der Waals surface area contributed by atoms with Gasteiger partial charge < -0.3 is 66.3 Å². The number of methoxy groups -OCH3 is 4. The minimum atomic E-state index is 0.0702. The molecule has 0 radical (unpaired) electrons. The van der Waals surface area contributed by atoms with Gasteiger partial charge in [-0.1, -0.05) is 148 Å². The number of hydrogen-bond acceptors (Lipinski definition) is 19. The molecule has 4 aliphatic heterocycles. The summed E-state index contributed by atoms with van der Waals surface area (Å²) < 4.78 is 48.3. The Kier molecular flexibility index (Phi) is 33.2. The predicted molar refractivity (Wildman–Crippen MR) is 517 cm³/mol. The number of rotatable bonds is 37. The van der Waals surface area contributed by atoms with Crippen LogP contribution in [0, 0.1) is 29.6 Å². The largest absolute Gasteiger partial charge is 0.495 e. The molecule has 0 spiro atoms. The van der Waals surface area contributed by atoms with E-state index in [0.29, 0.717) is 36.1 Å². The molecule has 7 aromatic carbocycles. The molecule has 4 saturated heterocycles. The number of piperidine rings is 2. The number of ether oxygens (including phenoxy) is 6. The summed E-state index contributed by atoms with van der Waals surface area (Å²) in [5.41, 5.74) is 9.43. The summed E-state index contributed by atoms with van der Waals surface area (Å²) in [5, 5.41) is 11.5. The van der Waals surface area contributed by atoms with Gasteiger partial charge in [0.15, 0.2) is 23.1 Å². The first-order valence-electron chi connectivity index (χ1n) is 46.7. The number of hydrogen-bond donors (Lipinski definition) is 1. The highest BCUT2D eigenvalue weighted by atomic mass is 16.5. The third kappa shape index (κ3) is 24.1. The van der Waals surface area contributed by atoms with Crippen molar-refractivity contribution in [2.24, 2.45) is 29.6 Å². The molecule has 0 amide bonds. The van der Waals surface area contributed by atoms with Crippen LogP contribution in [-0.2, 0) is 32.6 Å². The van der Waals surface area contributed by atoms with E-state index in [-0.39, 0.29) is 29.1 Å². The quantitative estimate of drug-likeness (QED) is 0.0282. The Labute approximate surface area is 766 Å². The number of piperazine rings is 1. The van der Waals surface area contributed by atoms with E-state index in [1.54, 1.807) is 68.5 Å². The van der Waals surface area contributed by atoms with Gasteiger partial charge in [0.2, 0.25) is 11.7 Å². The van der Waals surface area contributed by atoms with Gasteiger partial charge in [0, 0.05) is 190 Å². The zero-order valence-corrected chi connectivity index (χ0v) is 78.1. The lowest BCUT2D eigenvalue weighted by molar-refractivity contribution is 0.0829. The fourth-order valence-electron chi connectivity index (χ4n) is 19.9. The van der Waals surface area contributed by atoms with Crippen molar-refractivity contribution in [3.8, 4) is 45.9 Å². The molecule has 23 nitrogen and oxygen atoms in total. The van der Waals surface area contributed by atoms with Crippen LogP contribution in [0.15, 0.2) is 218 Å². The molecule has 23 heteroatoms. The van der Waals surface area contributed by atoms with Crippen LogP contribution < -0.4 is 33.7 Å². The molecule has 10 heterocycles. The second-order valence-corrected chi connectivity index (χ2v) is 36.2. The van der Waals surface area contributed by atoms with Gasteiger partial charge in [-0.15, -0.1) is 0 Å². The molecule has 13 aromatic rings. The number of aryl methyl sites for hydroxylation is 1. The Hall–Kier alpha value is -11.7. The lowest BCUT2D eigenvalue weighted by Gasteiger charge is -2.40. The number of para-hydroxylation sites is 6. The maximum Gasteiger partial charge on any atom is 0.230 e. The molecule has 6 atom stereocenters. The minimum Gasteiger partial charge on any atom is -0.495 e. The summed E-state index contributed by atoms with van der Waals surface area (Å²) in [6.45, 7) is 32.4. The molecular weight excluding hydrogens is 1630 g/mol. The Morgan fingerprint density at radius 3 is 1.27 bits per heavy atom. The number of carbonyl (C=O) groups excluding carboxylic acids is 4. The van der Waals surface area contributed by atoms with Crippen molar-refractivity contribution >= 4 is 66.7 Å². The van der Waals surface area contributed by atoms with E-state index < -0.39 is 0 Å². The maximum atomic E-state index is 12.3. The highest BCUT2D eigenvalue weighted by Crippen LogP contribution is 2.43. The van der Waals surface area contributed by atoms with Crippen LogP contribution in [0.3, 0.4) is 0 Å². The average molecular weight is 1760 g/mol. The van der Waals surface area contributed by atoms with Crippen LogP contribution in [0.25, 0.3) is 55.0 Å². The number of likely N-dealkylation sites (tertiary alicyclic amines) is 1. The van der Waals surface area contributed by atoms with Gasteiger partial charge in [0.25, 0.3) is 0 Å².